The Hall–Kier alpha value is -1.51. The number of alkyl halides is 4. The Kier molecular flexibility index (Phi) is 5.41. The van der Waals surface area contributed by atoms with Crippen LogP contribution < -0.4 is 0 Å². The SMILES string of the molecule is OCc1sc(-c2ccc(C(F)(F)F)cc2)nc1CN1CCC(F)CC1. The van der Waals surface area contributed by atoms with Crippen molar-refractivity contribution in [3.05, 3.63) is 40.4 Å². The van der Waals surface area contributed by atoms with Crippen molar-refractivity contribution < 1.29 is 22.7 Å². The summed E-state index contributed by atoms with van der Waals surface area (Å²) in [5, 5.41) is 10.1. The number of aliphatic hydroxyl groups is 1. The van der Waals surface area contributed by atoms with Gasteiger partial charge in [-0.05, 0) is 25.0 Å². The van der Waals surface area contributed by atoms with Gasteiger partial charge in [-0.1, -0.05) is 12.1 Å². The predicted octanol–water partition coefficient (Wildman–Crippen LogP) is 4.26. The predicted molar refractivity (Wildman–Crippen MR) is 87.9 cm³/mol. The van der Waals surface area contributed by atoms with Gasteiger partial charge in [0, 0.05) is 25.2 Å². The van der Waals surface area contributed by atoms with Crippen LogP contribution >= 0.6 is 11.3 Å². The third-order valence-electron chi connectivity index (χ3n) is 4.27. The van der Waals surface area contributed by atoms with Crippen LogP contribution in [0.4, 0.5) is 17.6 Å². The number of hydrogen-bond donors (Lipinski definition) is 1. The van der Waals surface area contributed by atoms with Crippen LogP contribution in [0.2, 0.25) is 0 Å². The molecule has 2 aromatic rings. The summed E-state index contributed by atoms with van der Waals surface area (Å²) in [5.41, 5.74) is 0.589. The molecule has 0 saturated carbocycles. The summed E-state index contributed by atoms with van der Waals surface area (Å²) >= 11 is 1.27. The van der Waals surface area contributed by atoms with Gasteiger partial charge in [0.05, 0.1) is 22.7 Å². The number of benzene rings is 1. The Morgan fingerprint density at radius 1 is 1.16 bits per heavy atom. The largest absolute Gasteiger partial charge is 0.416 e. The summed E-state index contributed by atoms with van der Waals surface area (Å²) in [5.74, 6) is 0. The maximum Gasteiger partial charge on any atom is 0.416 e. The highest BCUT2D eigenvalue weighted by molar-refractivity contribution is 7.15. The van der Waals surface area contributed by atoms with Crippen LogP contribution in [0, 0.1) is 0 Å². The lowest BCUT2D eigenvalue weighted by atomic mass is 10.1. The van der Waals surface area contributed by atoms with Gasteiger partial charge >= 0.3 is 6.18 Å². The van der Waals surface area contributed by atoms with E-state index in [1.807, 2.05) is 0 Å². The molecule has 25 heavy (non-hydrogen) atoms. The molecule has 3 rings (SSSR count). The molecular formula is C17H18F4N2OS. The third-order valence-corrected chi connectivity index (χ3v) is 5.40. The minimum atomic E-state index is -4.37. The molecule has 0 spiro atoms. The van der Waals surface area contributed by atoms with Crippen molar-refractivity contribution in [2.24, 2.45) is 0 Å². The molecule has 0 unspecified atom stereocenters. The number of hydrogen-bond acceptors (Lipinski definition) is 4. The lowest BCUT2D eigenvalue weighted by Crippen LogP contribution is -2.34. The summed E-state index contributed by atoms with van der Waals surface area (Å²) in [7, 11) is 0. The first-order valence-corrected chi connectivity index (χ1v) is 8.82. The van der Waals surface area contributed by atoms with E-state index in [4.69, 9.17) is 0 Å². The Labute approximate surface area is 146 Å². The fourth-order valence-electron chi connectivity index (χ4n) is 2.83. The van der Waals surface area contributed by atoms with Gasteiger partial charge < -0.3 is 5.11 Å². The zero-order valence-electron chi connectivity index (χ0n) is 13.4. The number of piperidine rings is 1. The quantitative estimate of drug-likeness (QED) is 0.813. The van der Waals surface area contributed by atoms with Crippen molar-refractivity contribution in [1.82, 2.24) is 9.88 Å². The molecule has 1 aliphatic rings. The molecule has 8 heteroatoms. The van der Waals surface area contributed by atoms with Crippen LogP contribution in [0.5, 0.6) is 0 Å². The molecule has 1 aromatic heterocycles. The number of rotatable bonds is 4. The second-order valence-corrected chi connectivity index (χ2v) is 7.16. The second-order valence-electron chi connectivity index (χ2n) is 6.07. The van der Waals surface area contributed by atoms with E-state index in [0.29, 0.717) is 53.6 Å². The van der Waals surface area contributed by atoms with Gasteiger partial charge in [-0.2, -0.15) is 13.2 Å². The summed E-state index contributed by atoms with van der Waals surface area (Å²) in [4.78, 5) is 7.27. The Balaban J connectivity index is 1.78. The molecule has 0 atom stereocenters. The molecule has 136 valence electrons. The van der Waals surface area contributed by atoms with Crippen LogP contribution in [0.3, 0.4) is 0 Å². The smallest absolute Gasteiger partial charge is 0.391 e. The Morgan fingerprint density at radius 3 is 2.36 bits per heavy atom. The summed E-state index contributed by atoms with van der Waals surface area (Å²) < 4.78 is 51.2. The molecule has 0 radical (unpaired) electrons. The van der Waals surface area contributed by atoms with Gasteiger partial charge in [0.1, 0.15) is 11.2 Å². The van der Waals surface area contributed by atoms with E-state index in [1.54, 1.807) is 0 Å². The Morgan fingerprint density at radius 2 is 1.80 bits per heavy atom. The second kappa shape index (κ2) is 7.39. The molecular weight excluding hydrogens is 356 g/mol. The molecule has 0 aliphatic carbocycles. The molecule has 1 fully saturated rings. The number of likely N-dealkylation sites (tertiary alicyclic amines) is 1. The molecule has 2 heterocycles. The highest BCUT2D eigenvalue weighted by atomic mass is 32.1. The number of nitrogens with zero attached hydrogens (tertiary/aromatic N) is 2. The van der Waals surface area contributed by atoms with Gasteiger partial charge in [-0.25, -0.2) is 9.37 Å². The topological polar surface area (TPSA) is 36.4 Å². The minimum absolute atomic E-state index is 0.173. The number of halogens is 4. The first kappa shape index (κ1) is 18.3. The molecule has 1 aliphatic heterocycles. The highest BCUT2D eigenvalue weighted by Crippen LogP contribution is 2.33. The van der Waals surface area contributed by atoms with Gasteiger partial charge in [0.25, 0.3) is 0 Å². The van der Waals surface area contributed by atoms with Gasteiger partial charge in [0.2, 0.25) is 0 Å². The third kappa shape index (κ3) is 4.37. The van der Waals surface area contributed by atoms with Gasteiger partial charge in [0.15, 0.2) is 0 Å². The summed E-state index contributed by atoms with van der Waals surface area (Å²) in [6.07, 6.45) is -4.15. The fraction of sp³-hybridized carbons (Fsp3) is 0.471. The molecule has 1 aromatic carbocycles. The molecule has 3 nitrogen and oxygen atoms in total. The zero-order valence-corrected chi connectivity index (χ0v) is 14.2. The maximum atomic E-state index is 13.2. The number of aromatic nitrogens is 1. The average molecular weight is 374 g/mol. The average Bonchev–Trinajstić information content (AvgIpc) is 2.99. The van der Waals surface area contributed by atoms with Crippen molar-refractivity contribution in [3.8, 4) is 10.6 Å². The zero-order chi connectivity index (χ0) is 18.0. The van der Waals surface area contributed by atoms with E-state index in [9.17, 15) is 22.7 Å². The summed E-state index contributed by atoms with van der Waals surface area (Å²) in [6, 6.07) is 4.84. The normalized spacial score (nSPS) is 17.2. The van der Waals surface area contributed by atoms with Crippen LogP contribution in [0.1, 0.15) is 29.0 Å². The van der Waals surface area contributed by atoms with E-state index < -0.39 is 17.9 Å². The summed E-state index contributed by atoms with van der Waals surface area (Å²) in [6.45, 7) is 1.62. The van der Waals surface area contributed by atoms with Crippen LogP contribution in [0.15, 0.2) is 24.3 Å². The van der Waals surface area contributed by atoms with Gasteiger partial charge in [-0.15, -0.1) is 11.3 Å². The fourth-order valence-corrected chi connectivity index (χ4v) is 3.76. The van der Waals surface area contributed by atoms with Crippen molar-refractivity contribution in [2.45, 2.75) is 38.3 Å². The van der Waals surface area contributed by atoms with Crippen molar-refractivity contribution >= 4 is 11.3 Å². The van der Waals surface area contributed by atoms with Crippen LogP contribution in [0.25, 0.3) is 10.6 Å². The van der Waals surface area contributed by atoms with Crippen molar-refractivity contribution in [2.75, 3.05) is 13.1 Å². The first-order valence-electron chi connectivity index (χ1n) is 8.00. The molecule has 0 amide bonds. The monoisotopic (exact) mass is 374 g/mol. The standard InChI is InChI=1S/C17H18F4N2OS/c18-13-5-7-23(8-6-13)9-14-15(10-24)25-16(22-14)11-1-3-12(4-2-11)17(19,20)21/h1-4,13,24H,5-10H2. The number of thiazole rings is 1. The van der Waals surface area contributed by atoms with E-state index in [-0.39, 0.29) is 6.61 Å². The van der Waals surface area contributed by atoms with Crippen LogP contribution in [-0.2, 0) is 19.3 Å². The lowest BCUT2D eigenvalue weighted by molar-refractivity contribution is -0.137. The minimum Gasteiger partial charge on any atom is -0.391 e. The van der Waals surface area contributed by atoms with E-state index in [2.05, 4.69) is 9.88 Å². The lowest BCUT2D eigenvalue weighted by Gasteiger charge is -2.27. The first-order chi connectivity index (χ1) is 11.9. The van der Waals surface area contributed by atoms with E-state index in [1.165, 1.54) is 23.5 Å². The van der Waals surface area contributed by atoms with Gasteiger partial charge in [-0.3, -0.25) is 4.90 Å². The Bertz CT molecular complexity index is 706. The van der Waals surface area contributed by atoms with Crippen molar-refractivity contribution in [3.63, 3.8) is 0 Å². The highest BCUT2D eigenvalue weighted by Gasteiger charge is 2.30. The molecule has 0 bridgehead atoms. The number of aliphatic hydroxyl groups excluding tert-OH is 1. The van der Waals surface area contributed by atoms with Crippen molar-refractivity contribution in [1.29, 1.82) is 0 Å². The van der Waals surface area contributed by atoms with E-state index in [0.717, 1.165) is 12.1 Å². The molecule has 1 saturated heterocycles. The van der Waals surface area contributed by atoms with E-state index >= 15 is 0 Å². The molecule has 1 N–H and O–H groups in total. The van der Waals surface area contributed by atoms with Crippen LogP contribution in [-0.4, -0.2) is 34.3 Å². The maximum absolute atomic E-state index is 13.2.